The van der Waals surface area contributed by atoms with Crippen LogP contribution in [0.15, 0.2) is 24.3 Å². The van der Waals surface area contributed by atoms with Crippen molar-refractivity contribution in [3.8, 4) is 0 Å². The smallest absolute Gasteiger partial charge is 0.328 e. The Morgan fingerprint density at radius 2 is 2.20 bits per heavy atom. The van der Waals surface area contributed by atoms with E-state index in [2.05, 4.69) is 5.32 Å². The zero-order chi connectivity index (χ0) is 14.5. The van der Waals surface area contributed by atoms with Crippen molar-refractivity contribution < 1.29 is 19.4 Å². The largest absolute Gasteiger partial charge is 0.478 e. The number of hydrogen-bond acceptors (Lipinski definition) is 3. The second-order valence-corrected chi connectivity index (χ2v) is 4.84. The molecule has 5 nitrogen and oxygen atoms in total. The van der Waals surface area contributed by atoms with Gasteiger partial charge in [0.15, 0.2) is 0 Å². The van der Waals surface area contributed by atoms with Crippen molar-refractivity contribution in [3.05, 3.63) is 41.0 Å². The van der Waals surface area contributed by atoms with E-state index in [1.54, 1.807) is 12.1 Å². The molecule has 1 unspecified atom stereocenters. The molecule has 0 radical (unpaired) electrons. The normalized spacial score (nSPS) is 18.4. The summed E-state index contributed by atoms with van der Waals surface area (Å²) >= 11 is 0. The molecule has 2 N–H and O–H groups in total. The number of rotatable bonds is 4. The highest BCUT2D eigenvalue weighted by molar-refractivity contribution is 5.95. The molecule has 106 valence electrons. The van der Waals surface area contributed by atoms with Gasteiger partial charge < -0.3 is 15.2 Å². The molecule has 0 bridgehead atoms. The number of carboxylic acids is 1. The number of carboxylic acid groups (broad SMARTS) is 1. The number of aryl methyl sites for hydroxylation is 1. The summed E-state index contributed by atoms with van der Waals surface area (Å²) in [7, 11) is 0. The van der Waals surface area contributed by atoms with Crippen LogP contribution in [0.5, 0.6) is 0 Å². The molecule has 5 heteroatoms. The van der Waals surface area contributed by atoms with Gasteiger partial charge in [-0.2, -0.15) is 0 Å². The third kappa shape index (κ3) is 3.93. The van der Waals surface area contributed by atoms with Crippen LogP contribution in [0.4, 0.5) is 0 Å². The maximum Gasteiger partial charge on any atom is 0.328 e. The molecule has 1 aliphatic heterocycles. The minimum atomic E-state index is -1.01. The van der Waals surface area contributed by atoms with Crippen LogP contribution in [0.1, 0.15) is 27.9 Å². The summed E-state index contributed by atoms with van der Waals surface area (Å²) < 4.78 is 5.22. The first kappa shape index (κ1) is 14.3. The molecule has 20 heavy (non-hydrogen) atoms. The molecule has 1 aromatic carbocycles. The highest BCUT2D eigenvalue weighted by Crippen LogP contribution is 2.13. The van der Waals surface area contributed by atoms with Gasteiger partial charge in [-0.1, -0.05) is 6.07 Å². The fourth-order valence-electron chi connectivity index (χ4n) is 2.12. The summed E-state index contributed by atoms with van der Waals surface area (Å²) in [6.45, 7) is 3.09. The van der Waals surface area contributed by atoms with Crippen molar-refractivity contribution in [2.24, 2.45) is 0 Å². The van der Waals surface area contributed by atoms with Gasteiger partial charge >= 0.3 is 5.97 Å². The lowest BCUT2D eigenvalue weighted by Gasteiger charge is -2.11. The van der Waals surface area contributed by atoms with Crippen LogP contribution in [0, 0.1) is 6.92 Å². The van der Waals surface area contributed by atoms with E-state index in [0.29, 0.717) is 24.3 Å². The lowest BCUT2D eigenvalue weighted by atomic mass is 10.0. The molecule has 1 atom stereocenters. The average Bonchev–Trinajstić information content (AvgIpc) is 2.88. The van der Waals surface area contributed by atoms with Crippen LogP contribution in [0.25, 0.3) is 6.08 Å². The van der Waals surface area contributed by atoms with Gasteiger partial charge in [0.05, 0.1) is 12.6 Å². The highest BCUT2D eigenvalue weighted by Gasteiger charge is 2.18. The van der Waals surface area contributed by atoms with Crippen LogP contribution in [0.3, 0.4) is 0 Å². The van der Waals surface area contributed by atoms with Crippen LogP contribution in [-0.4, -0.2) is 36.2 Å². The van der Waals surface area contributed by atoms with E-state index >= 15 is 0 Å². The molecule has 2 rings (SSSR count). The minimum Gasteiger partial charge on any atom is -0.478 e. The van der Waals surface area contributed by atoms with Crippen molar-refractivity contribution in [2.45, 2.75) is 19.4 Å². The van der Waals surface area contributed by atoms with Crippen molar-refractivity contribution in [1.29, 1.82) is 0 Å². The molecule has 0 aliphatic carbocycles. The van der Waals surface area contributed by atoms with Crippen molar-refractivity contribution in [1.82, 2.24) is 5.32 Å². The van der Waals surface area contributed by atoms with E-state index in [0.717, 1.165) is 18.1 Å². The molecule has 0 saturated carbocycles. The van der Waals surface area contributed by atoms with Gasteiger partial charge in [0.25, 0.3) is 5.91 Å². The third-order valence-electron chi connectivity index (χ3n) is 3.05. The molecule has 1 saturated heterocycles. The van der Waals surface area contributed by atoms with Crippen molar-refractivity contribution in [3.63, 3.8) is 0 Å². The van der Waals surface area contributed by atoms with Gasteiger partial charge in [-0.15, -0.1) is 0 Å². The summed E-state index contributed by atoms with van der Waals surface area (Å²) in [5.74, 6) is -1.17. The number of aliphatic carboxylic acids is 1. The van der Waals surface area contributed by atoms with Crippen LogP contribution >= 0.6 is 0 Å². The molecule has 1 aliphatic rings. The van der Waals surface area contributed by atoms with Crippen molar-refractivity contribution in [2.75, 3.05) is 13.2 Å². The minimum absolute atomic E-state index is 0.0565. The average molecular weight is 275 g/mol. The first-order valence-corrected chi connectivity index (χ1v) is 6.46. The third-order valence-corrected chi connectivity index (χ3v) is 3.05. The summed E-state index contributed by atoms with van der Waals surface area (Å²) in [4.78, 5) is 22.7. The molecule has 0 spiro atoms. The lowest BCUT2D eigenvalue weighted by molar-refractivity contribution is -0.131. The Morgan fingerprint density at radius 3 is 2.85 bits per heavy atom. The zero-order valence-corrected chi connectivity index (χ0v) is 11.3. The Labute approximate surface area is 117 Å². The SMILES string of the molecule is Cc1cc(/C=C/C(=O)O)cc(C(=O)NC2CCOC2)c1. The molecule has 1 fully saturated rings. The number of amides is 1. The maximum absolute atomic E-state index is 12.1. The molecular formula is C15H17NO4. The van der Waals surface area contributed by atoms with E-state index in [1.807, 2.05) is 13.0 Å². The quantitative estimate of drug-likeness (QED) is 0.819. The van der Waals surface area contributed by atoms with Gasteiger partial charge in [0.2, 0.25) is 0 Å². The number of hydrogen-bond donors (Lipinski definition) is 2. The molecule has 0 aromatic heterocycles. The Morgan fingerprint density at radius 1 is 1.40 bits per heavy atom. The first-order chi connectivity index (χ1) is 9.54. The zero-order valence-electron chi connectivity index (χ0n) is 11.3. The number of ether oxygens (including phenoxy) is 1. The Bertz CT molecular complexity index is 545. The van der Waals surface area contributed by atoms with Gasteiger partial charge in [0.1, 0.15) is 0 Å². The standard InChI is InChI=1S/C15H17NO4/c1-10-6-11(2-3-14(17)18)8-12(7-10)15(19)16-13-4-5-20-9-13/h2-3,6-8,13H,4-5,9H2,1H3,(H,16,19)(H,17,18)/b3-2+. The van der Waals surface area contributed by atoms with Gasteiger partial charge in [0, 0.05) is 18.2 Å². The van der Waals surface area contributed by atoms with E-state index in [-0.39, 0.29) is 11.9 Å². The van der Waals surface area contributed by atoms with E-state index in [4.69, 9.17) is 9.84 Å². The van der Waals surface area contributed by atoms with Crippen molar-refractivity contribution >= 4 is 18.0 Å². The van der Waals surface area contributed by atoms with Gasteiger partial charge in [-0.3, -0.25) is 4.79 Å². The van der Waals surface area contributed by atoms with E-state index in [1.165, 1.54) is 6.08 Å². The molecule has 1 amide bonds. The van der Waals surface area contributed by atoms with Crippen LogP contribution in [-0.2, 0) is 9.53 Å². The first-order valence-electron chi connectivity index (χ1n) is 6.46. The summed E-state index contributed by atoms with van der Waals surface area (Å²) in [6.07, 6.45) is 3.36. The highest BCUT2D eigenvalue weighted by atomic mass is 16.5. The predicted molar refractivity (Wildman–Crippen MR) is 74.5 cm³/mol. The fraction of sp³-hybridized carbons (Fsp3) is 0.333. The number of carbonyl (C=O) groups is 2. The van der Waals surface area contributed by atoms with E-state index < -0.39 is 5.97 Å². The predicted octanol–water partition coefficient (Wildman–Crippen LogP) is 1.61. The summed E-state index contributed by atoms with van der Waals surface area (Å²) in [6, 6.07) is 5.34. The van der Waals surface area contributed by atoms with Crippen LogP contribution < -0.4 is 5.32 Å². The fourth-order valence-corrected chi connectivity index (χ4v) is 2.12. The second-order valence-electron chi connectivity index (χ2n) is 4.84. The van der Waals surface area contributed by atoms with E-state index in [9.17, 15) is 9.59 Å². The maximum atomic E-state index is 12.1. The number of carbonyl (C=O) groups excluding carboxylic acids is 1. The topological polar surface area (TPSA) is 75.6 Å². The Balaban J connectivity index is 2.13. The molecule has 1 aromatic rings. The monoisotopic (exact) mass is 275 g/mol. The summed E-state index contributed by atoms with van der Waals surface area (Å²) in [5, 5.41) is 11.5. The Hall–Kier alpha value is -2.14. The second kappa shape index (κ2) is 6.34. The number of nitrogens with one attached hydrogen (secondary N) is 1. The molecule has 1 heterocycles. The van der Waals surface area contributed by atoms with Gasteiger partial charge in [-0.25, -0.2) is 4.79 Å². The number of benzene rings is 1. The molecular weight excluding hydrogens is 258 g/mol. The lowest BCUT2D eigenvalue weighted by Crippen LogP contribution is -2.35. The van der Waals surface area contributed by atoms with Gasteiger partial charge in [-0.05, 0) is 42.7 Å². The van der Waals surface area contributed by atoms with Crippen LogP contribution in [0.2, 0.25) is 0 Å². The summed E-state index contributed by atoms with van der Waals surface area (Å²) in [5.41, 5.74) is 2.13. The Kier molecular flexibility index (Phi) is 4.53.